The fourth-order valence-electron chi connectivity index (χ4n) is 1.67. The molecule has 5 heteroatoms. The van der Waals surface area contributed by atoms with Crippen molar-refractivity contribution in [1.29, 1.82) is 0 Å². The number of methoxy groups -OCH3 is 2. The largest absolute Gasteiger partial charge is 0.508 e. The van der Waals surface area contributed by atoms with Crippen molar-refractivity contribution in [3.63, 3.8) is 0 Å². The second-order valence-corrected chi connectivity index (χ2v) is 3.46. The van der Waals surface area contributed by atoms with Crippen molar-refractivity contribution in [3.05, 3.63) is 29.5 Å². The van der Waals surface area contributed by atoms with Crippen LogP contribution in [0.3, 0.4) is 0 Å². The first-order valence-corrected chi connectivity index (χ1v) is 4.99. The van der Waals surface area contributed by atoms with Crippen LogP contribution < -0.4 is 9.47 Å². The third-order valence-electron chi connectivity index (χ3n) is 2.51. The summed E-state index contributed by atoms with van der Waals surface area (Å²) >= 11 is 0. The molecule has 0 saturated carbocycles. The highest BCUT2D eigenvalue weighted by Gasteiger charge is 2.28. The molecule has 0 radical (unpaired) electrons. The summed E-state index contributed by atoms with van der Waals surface area (Å²) < 4.78 is 15.0. The highest BCUT2D eigenvalue weighted by Crippen LogP contribution is 2.34. The average Bonchev–Trinajstić information content (AvgIpc) is 2.68. The number of hydrogen-bond acceptors (Lipinski definition) is 5. The van der Waals surface area contributed by atoms with Crippen LogP contribution in [0.1, 0.15) is 5.56 Å². The van der Waals surface area contributed by atoms with E-state index in [1.807, 2.05) is 0 Å². The lowest BCUT2D eigenvalue weighted by atomic mass is 10.0. The Morgan fingerprint density at radius 1 is 1.29 bits per heavy atom. The fourth-order valence-corrected chi connectivity index (χ4v) is 1.67. The van der Waals surface area contributed by atoms with E-state index in [1.165, 1.54) is 14.2 Å². The molecule has 0 aliphatic carbocycles. The quantitative estimate of drug-likeness (QED) is 0.806. The molecular formula is C12H12O5. The summed E-state index contributed by atoms with van der Waals surface area (Å²) in [6, 6.07) is 4.97. The van der Waals surface area contributed by atoms with Crippen LogP contribution in [0.15, 0.2) is 24.0 Å². The highest BCUT2D eigenvalue weighted by atomic mass is 16.5. The number of ether oxygens (including phenoxy) is 3. The molecule has 1 aromatic carbocycles. The van der Waals surface area contributed by atoms with Gasteiger partial charge in [-0.3, -0.25) is 0 Å². The third-order valence-corrected chi connectivity index (χ3v) is 2.51. The minimum absolute atomic E-state index is 0.0848. The number of benzene rings is 1. The standard InChI is InChI=1S/C12H12O5/c1-15-7-3-4-8(10(5-7)16-2)11-9(13)6-17-12(11)14/h3-5,13H,6H2,1-2H3. The van der Waals surface area contributed by atoms with Crippen LogP contribution in [-0.2, 0) is 9.53 Å². The lowest BCUT2D eigenvalue weighted by molar-refractivity contribution is -0.134. The van der Waals surface area contributed by atoms with Crippen LogP contribution in [0.2, 0.25) is 0 Å². The van der Waals surface area contributed by atoms with Gasteiger partial charge < -0.3 is 19.3 Å². The Bertz CT molecular complexity index is 490. The second-order valence-electron chi connectivity index (χ2n) is 3.46. The molecule has 17 heavy (non-hydrogen) atoms. The van der Waals surface area contributed by atoms with E-state index in [0.29, 0.717) is 17.1 Å². The molecule has 0 atom stereocenters. The second kappa shape index (κ2) is 4.37. The molecule has 5 nitrogen and oxygen atoms in total. The number of carbonyl (C=O) groups is 1. The van der Waals surface area contributed by atoms with Crippen molar-refractivity contribution in [3.8, 4) is 11.5 Å². The van der Waals surface area contributed by atoms with Crippen molar-refractivity contribution in [2.45, 2.75) is 0 Å². The molecule has 0 spiro atoms. The van der Waals surface area contributed by atoms with E-state index in [9.17, 15) is 9.90 Å². The van der Waals surface area contributed by atoms with Gasteiger partial charge in [0.2, 0.25) is 0 Å². The van der Waals surface area contributed by atoms with Gasteiger partial charge in [-0.2, -0.15) is 0 Å². The van der Waals surface area contributed by atoms with Crippen LogP contribution in [-0.4, -0.2) is 31.9 Å². The van der Waals surface area contributed by atoms with Crippen molar-refractivity contribution in [2.75, 3.05) is 20.8 Å². The van der Waals surface area contributed by atoms with E-state index in [-0.39, 0.29) is 17.9 Å². The number of carbonyl (C=O) groups excluding carboxylic acids is 1. The first kappa shape index (κ1) is 11.3. The van der Waals surface area contributed by atoms with Gasteiger partial charge in [0.15, 0.2) is 0 Å². The van der Waals surface area contributed by atoms with Crippen molar-refractivity contribution < 1.29 is 24.1 Å². The predicted molar refractivity (Wildman–Crippen MR) is 60.1 cm³/mol. The molecule has 0 unspecified atom stereocenters. The van der Waals surface area contributed by atoms with Gasteiger partial charge in [-0.25, -0.2) is 4.79 Å². The molecule has 1 aromatic rings. The Morgan fingerprint density at radius 3 is 2.59 bits per heavy atom. The number of cyclic esters (lactones) is 1. The molecule has 1 heterocycles. The molecule has 0 aromatic heterocycles. The minimum Gasteiger partial charge on any atom is -0.508 e. The highest BCUT2D eigenvalue weighted by molar-refractivity contribution is 6.19. The SMILES string of the molecule is COc1ccc(C2=C(O)COC2=O)c(OC)c1. The number of aliphatic hydroxyl groups excluding tert-OH is 1. The van der Waals surface area contributed by atoms with Crippen LogP contribution in [0.5, 0.6) is 11.5 Å². The zero-order chi connectivity index (χ0) is 12.4. The summed E-state index contributed by atoms with van der Waals surface area (Å²) in [5, 5.41) is 9.61. The minimum atomic E-state index is -0.550. The first-order chi connectivity index (χ1) is 8.17. The van der Waals surface area contributed by atoms with E-state index < -0.39 is 5.97 Å². The molecule has 90 valence electrons. The first-order valence-electron chi connectivity index (χ1n) is 4.99. The number of rotatable bonds is 3. The van der Waals surface area contributed by atoms with Gasteiger partial charge in [-0.1, -0.05) is 0 Å². The van der Waals surface area contributed by atoms with Gasteiger partial charge in [0.25, 0.3) is 0 Å². The normalized spacial score (nSPS) is 14.8. The van der Waals surface area contributed by atoms with Crippen LogP contribution in [0, 0.1) is 0 Å². The summed E-state index contributed by atoms with van der Waals surface area (Å²) in [6.07, 6.45) is 0. The molecule has 0 saturated heterocycles. The van der Waals surface area contributed by atoms with E-state index in [0.717, 1.165) is 0 Å². The Morgan fingerprint density at radius 2 is 2.06 bits per heavy atom. The van der Waals surface area contributed by atoms with E-state index in [4.69, 9.17) is 14.2 Å². The summed E-state index contributed by atoms with van der Waals surface area (Å²) in [4.78, 5) is 11.5. The molecule has 0 fully saturated rings. The maximum Gasteiger partial charge on any atom is 0.342 e. The van der Waals surface area contributed by atoms with Crippen LogP contribution >= 0.6 is 0 Å². The van der Waals surface area contributed by atoms with Crippen LogP contribution in [0.25, 0.3) is 5.57 Å². The topological polar surface area (TPSA) is 65.0 Å². The maximum atomic E-state index is 11.5. The van der Waals surface area contributed by atoms with Crippen LogP contribution in [0.4, 0.5) is 0 Å². The summed E-state index contributed by atoms with van der Waals surface area (Å²) in [5.74, 6) is 0.422. The molecule has 1 aliphatic rings. The molecule has 0 amide bonds. The van der Waals surface area contributed by atoms with Gasteiger partial charge in [0.05, 0.1) is 14.2 Å². The van der Waals surface area contributed by atoms with Crippen molar-refractivity contribution >= 4 is 11.5 Å². The Hall–Kier alpha value is -2.17. The smallest absolute Gasteiger partial charge is 0.342 e. The predicted octanol–water partition coefficient (Wildman–Crippen LogP) is 1.53. The average molecular weight is 236 g/mol. The van der Waals surface area contributed by atoms with E-state index >= 15 is 0 Å². The van der Waals surface area contributed by atoms with Gasteiger partial charge in [-0.05, 0) is 12.1 Å². The van der Waals surface area contributed by atoms with Crippen molar-refractivity contribution in [1.82, 2.24) is 0 Å². The Balaban J connectivity index is 2.52. The summed E-state index contributed by atoms with van der Waals surface area (Å²) in [7, 11) is 3.02. The van der Waals surface area contributed by atoms with Gasteiger partial charge in [-0.15, -0.1) is 0 Å². The Labute approximate surface area is 98.2 Å². The zero-order valence-electron chi connectivity index (χ0n) is 9.52. The molecule has 2 rings (SSSR count). The molecular weight excluding hydrogens is 224 g/mol. The zero-order valence-corrected chi connectivity index (χ0v) is 9.52. The van der Waals surface area contributed by atoms with Crippen molar-refractivity contribution in [2.24, 2.45) is 0 Å². The van der Waals surface area contributed by atoms with Gasteiger partial charge in [0, 0.05) is 11.6 Å². The third kappa shape index (κ3) is 1.91. The lowest BCUT2D eigenvalue weighted by Gasteiger charge is -2.09. The monoisotopic (exact) mass is 236 g/mol. The summed E-state index contributed by atoms with van der Waals surface area (Å²) in [6.45, 7) is -0.0939. The summed E-state index contributed by atoms with van der Waals surface area (Å²) in [5.41, 5.74) is 0.637. The Kier molecular flexibility index (Phi) is 2.91. The number of aliphatic hydroxyl groups is 1. The fraction of sp³-hybridized carbons (Fsp3) is 0.250. The molecule has 1 aliphatic heterocycles. The van der Waals surface area contributed by atoms with Gasteiger partial charge >= 0.3 is 5.97 Å². The van der Waals surface area contributed by atoms with E-state index in [1.54, 1.807) is 18.2 Å². The molecule has 1 N–H and O–H groups in total. The van der Waals surface area contributed by atoms with Gasteiger partial charge in [0.1, 0.15) is 29.4 Å². The maximum absolute atomic E-state index is 11.5. The van der Waals surface area contributed by atoms with E-state index in [2.05, 4.69) is 0 Å². The lowest BCUT2D eigenvalue weighted by Crippen LogP contribution is -2.01. The molecule has 0 bridgehead atoms. The number of esters is 1. The number of hydrogen-bond donors (Lipinski definition) is 1.